The van der Waals surface area contributed by atoms with E-state index in [1.807, 2.05) is 0 Å². The number of carbonyl (C=O) groups is 1. The van der Waals surface area contributed by atoms with E-state index in [1.54, 1.807) is 18.2 Å². The van der Waals surface area contributed by atoms with E-state index in [0.29, 0.717) is 17.5 Å². The third kappa shape index (κ3) is 2.31. The van der Waals surface area contributed by atoms with Gasteiger partial charge in [-0.15, -0.1) is 0 Å². The minimum atomic E-state index is -0.576. The molecule has 17 heavy (non-hydrogen) atoms. The number of esters is 1. The van der Waals surface area contributed by atoms with Crippen molar-refractivity contribution in [3.8, 4) is 0 Å². The standard InChI is InChI=1S/C11H10BrNO4/c1-17-11(14)7-3-2-6(12)4-8(7)9-5-10(9)13(15)16/h2-4,9-10H,5H2,1H3. The summed E-state index contributed by atoms with van der Waals surface area (Å²) in [7, 11) is 1.30. The maximum atomic E-state index is 11.5. The summed E-state index contributed by atoms with van der Waals surface area (Å²) in [4.78, 5) is 21.9. The second-order valence-electron chi connectivity index (χ2n) is 3.92. The minimum absolute atomic E-state index is 0.184. The summed E-state index contributed by atoms with van der Waals surface area (Å²) in [6.45, 7) is 0. The highest BCUT2D eigenvalue weighted by Gasteiger charge is 2.50. The van der Waals surface area contributed by atoms with Crippen LogP contribution in [0.3, 0.4) is 0 Å². The van der Waals surface area contributed by atoms with E-state index in [-0.39, 0.29) is 10.8 Å². The highest BCUT2D eigenvalue weighted by atomic mass is 79.9. The van der Waals surface area contributed by atoms with Crippen LogP contribution in [0.4, 0.5) is 0 Å². The summed E-state index contributed by atoms with van der Waals surface area (Å²) in [6, 6.07) is 4.52. The van der Waals surface area contributed by atoms with Crippen molar-refractivity contribution in [2.45, 2.75) is 18.4 Å². The van der Waals surface area contributed by atoms with Gasteiger partial charge in [-0.05, 0) is 23.8 Å². The molecule has 90 valence electrons. The van der Waals surface area contributed by atoms with Crippen LogP contribution in [0, 0.1) is 10.1 Å². The topological polar surface area (TPSA) is 69.4 Å². The van der Waals surface area contributed by atoms with Crippen molar-refractivity contribution >= 4 is 21.9 Å². The summed E-state index contributed by atoms with van der Waals surface area (Å²) in [5.74, 6) is -0.641. The van der Waals surface area contributed by atoms with Crippen molar-refractivity contribution in [2.24, 2.45) is 0 Å². The van der Waals surface area contributed by atoms with Crippen LogP contribution in [0.1, 0.15) is 28.3 Å². The van der Waals surface area contributed by atoms with E-state index < -0.39 is 12.0 Å². The van der Waals surface area contributed by atoms with Gasteiger partial charge in [0.05, 0.1) is 18.6 Å². The fraction of sp³-hybridized carbons (Fsp3) is 0.364. The molecule has 0 aliphatic heterocycles. The van der Waals surface area contributed by atoms with Crippen LogP contribution in [0.2, 0.25) is 0 Å². The predicted octanol–water partition coefficient (Wildman–Crippen LogP) is 2.37. The van der Waals surface area contributed by atoms with Crippen LogP contribution in [0.5, 0.6) is 0 Å². The Bertz CT molecular complexity index is 488. The van der Waals surface area contributed by atoms with E-state index in [2.05, 4.69) is 20.7 Å². The van der Waals surface area contributed by atoms with Crippen LogP contribution in [-0.4, -0.2) is 24.0 Å². The van der Waals surface area contributed by atoms with Gasteiger partial charge in [0.25, 0.3) is 0 Å². The van der Waals surface area contributed by atoms with Gasteiger partial charge in [-0.25, -0.2) is 4.79 Å². The molecule has 0 bridgehead atoms. The lowest BCUT2D eigenvalue weighted by Gasteiger charge is -2.06. The SMILES string of the molecule is COC(=O)c1ccc(Br)cc1C1CC1[N+](=O)[O-]. The van der Waals surface area contributed by atoms with Gasteiger partial charge < -0.3 is 4.74 Å². The van der Waals surface area contributed by atoms with Gasteiger partial charge in [-0.1, -0.05) is 15.9 Å². The van der Waals surface area contributed by atoms with Crippen molar-refractivity contribution in [2.75, 3.05) is 7.11 Å². The highest BCUT2D eigenvalue weighted by Crippen LogP contribution is 2.45. The average Bonchev–Trinajstić information content (AvgIpc) is 3.08. The Morgan fingerprint density at radius 1 is 1.59 bits per heavy atom. The summed E-state index contributed by atoms with van der Waals surface area (Å²) in [5.41, 5.74) is 1.10. The van der Waals surface area contributed by atoms with Crippen molar-refractivity contribution in [3.05, 3.63) is 43.9 Å². The average molecular weight is 300 g/mol. The molecule has 1 aromatic rings. The molecule has 0 saturated heterocycles. The fourth-order valence-electron chi connectivity index (χ4n) is 1.89. The number of rotatable bonds is 3. The maximum absolute atomic E-state index is 11.5. The van der Waals surface area contributed by atoms with Gasteiger partial charge in [0.2, 0.25) is 6.04 Å². The molecule has 5 nitrogen and oxygen atoms in total. The summed E-state index contributed by atoms with van der Waals surface area (Å²) in [6.07, 6.45) is 0.480. The van der Waals surface area contributed by atoms with Crippen LogP contribution < -0.4 is 0 Å². The first-order valence-corrected chi connectivity index (χ1v) is 5.85. The number of methoxy groups -OCH3 is 1. The smallest absolute Gasteiger partial charge is 0.338 e. The molecule has 0 radical (unpaired) electrons. The lowest BCUT2D eigenvalue weighted by atomic mass is 10.0. The van der Waals surface area contributed by atoms with Crippen molar-refractivity contribution in [1.29, 1.82) is 0 Å². The van der Waals surface area contributed by atoms with Gasteiger partial charge in [0.15, 0.2) is 0 Å². The predicted molar refractivity (Wildman–Crippen MR) is 63.6 cm³/mol. The van der Waals surface area contributed by atoms with E-state index in [0.717, 1.165) is 4.47 Å². The van der Waals surface area contributed by atoms with Gasteiger partial charge in [0, 0.05) is 15.8 Å². The lowest BCUT2D eigenvalue weighted by molar-refractivity contribution is -0.496. The Labute approximate surface area is 106 Å². The Kier molecular flexibility index (Phi) is 3.15. The Morgan fingerprint density at radius 2 is 2.29 bits per heavy atom. The largest absolute Gasteiger partial charge is 0.465 e. The lowest BCUT2D eigenvalue weighted by Crippen LogP contribution is -2.08. The molecule has 0 N–H and O–H groups in total. The van der Waals surface area contributed by atoms with Crippen LogP contribution in [0.15, 0.2) is 22.7 Å². The Balaban J connectivity index is 2.35. The second kappa shape index (κ2) is 4.44. The zero-order chi connectivity index (χ0) is 12.6. The molecule has 2 unspecified atom stereocenters. The van der Waals surface area contributed by atoms with Crippen LogP contribution in [0.25, 0.3) is 0 Å². The third-order valence-corrected chi connectivity index (χ3v) is 3.34. The van der Waals surface area contributed by atoms with E-state index >= 15 is 0 Å². The van der Waals surface area contributed by atoms with Crippen molar-refractivity contribution < 1.29 is 14.5 Å². The van der Waals surface area contributed by atoms with Crippen LogP contribution in [-0.2, 0) is 4.74 Å². The molecule has 1 aromatic carbocycles. The number of halogens is 1. The van der Waals surface area contributed by atoms with Crippen LogP contribution >= 0.6 is 15.9 Å². The first-order valence-electron chi connectivity index (χ1n) is 5.06. The first-order chi connectivity index (χ1) is 8.04. The number of ether oxygens (including phenoxy) is 1. The van der Waals surface area contributed by atoms with E-state index in [4.69, 9.17) is 0 Å². The molecule has 2 rings (SSSR count). The molecular weight excluding hydrogens is 290 g/mol. The molecular formula is C11H10BrNO4. The molecule has 1 aliphatic carbocycles. The number of benzene rings is 1. The zero-order valence-electron chi connectivity index (χ0n) is 9.05. The normalized spacial score (nSPS) is 22.0. The monoisotopic (exact) mass is 299 g/mol. The number of hydrogen-bond acceptors (Lipinski definition) is 4. The van der Waals surface area contributed by atoms with E-state index in [1.165, 1.54) is 7.11 Å². The highest BCUT2D eigenvalue weighted by molar-refractivity contribution is 9.10. The van der Waals surface area contributed by atoms with Crippen molar-refractivity contribution in [1.82, 2.24) is 0 Å². The molecule has 6 heteroatoms. The molecule has 1 saturated carbocycles. The molecule has 1 aliphatic rings. The number of nitrogens with zero attached hydrogens (tertiary/aromatic N) is 1. The summed E-state index contributed by atoms with van der Waals surface area (Å²) < 4.78 is 5.47. The fourth-order valence-corrected chi connectivity index (χ4v) is 2.26. The summed E-state index contributed by atoms with van der Waals surface area (Å²) >= 11 is 3.30. The maximum Gasteiger partial charge on any atom is 0.338 e. The Morgan fingerprint density at radius 3 is 2.82 bits per heavy atom. The third-order valence-electron chi connectivity index (χ3n) is 2.85. The number of carbonyl (C=O) groups excluding carboxylic acids is 1. The molecule has 1 fully saturated rings. The van der Waals surface area contributed by atoms with Crippen molar-refractivity contribution in [3.63, 3.8) is 0 Å². The molecule has 2 atom stereocenters. The van der Waals surface area contributed by atoms with Gasteiger partial charge in [-0.3, -0.25) is 10.1 Å². The van der Waals surface area contributed by atoms with Gasteiger partial charge >= 0.3 is 5.97 Å². The van der Waals surface area contributed by atoms with E-state index in [9.17, 15) is 14.9 Å². The first kappa shape index (κ1) is 12.0. The number of nitro groups is 1. The van der Waals surface area contributed by atoms with Gasteiger partial charge in [-0.2, -0.15) is 0 Å². The molecule has 0 spiro atoms. The van der Waals surface area contributed by atoms with Gasteiger partial charge in [0.1, 0.15) is 0 Å². The Hall–Kier alpha value is -1.43. The zero-order valence-corrected chi connectivity index (χ0v) is 10.6. The number of hydrogen-bond donors (Lipinski definition) is 0. The second-order valence-corrected chi connectivity index (χ2v) is 4.83. The molecule has 0 aromatic heterocycles. The quantitative estimate of drug-likeness (QED) is 0.488. The molecule has 0 amide bonds. The minimum Gasteiger partial charge on any atom is -0.465 e. The summed E-state index contributed by atoms with van der Waals surface area (Å²) in [5, 5.41) is 10.7. The molecule has 0 heterocycles.